The molecule has 2 heterocycles. The summed E-state index contributed by atoms with van der Waals surface area (Å²) in [7, 11) is 0. The fraction of sp³-hybridized carbons (Fsp3) is 0.231. The highest BCUT2D eigenvalue weighted by Gasteiger charge is 2.12. The van der Waals surface area contributed by atoms with Crippen molar-refractivity contribution in [2.24, 2.45) is 0 Å². The fourth-order valence-electron chi connectivity index (χ4n) is 3.51. The second-order valence-electron chi connectivity index (χ2n) is 8.12. The molecule has 0 amide bonds. The zero-order valence-electron chi connectivity index (χ0n) is 18.7. The second kappa shape index (κ2) is 9.22. The van der Waals surface area contributed by atoms with Crippen LogP contribution in [0.5, 0.6) is 5.75 Å². The van der Waals surface area contributed by atoms with E-state index in [1.165, 1.54) is 12.1 Å². The highest BCUT2D eigenvalue weighted by atomic mass is 19.1. The van der Waals surface area contributed by atoms with Crippen LogP contribution in [-0.4, -0.2) is 20.6 Å². The first-order chi connectivity index (χ1) is 15.4. The Labute approximate surface area is 187 Å². The van der Waals surface area contributed by atoms with Gasteiger partial charge in [-0.1, -0.05) is 18.2 Å². The van der Waals surface area contributed by atoms with Gasteiger partial charge in [-0.2, -0.15) is 0 Å². The van der Waals surface area contributed by atoms with Crippen molar-refractivity contribution in [1.29, 1.82) is 0 Å². The summed E-state index contributed by atoms with van der Waals surface area (Å²) in [6.07, 6.45) is 5.66. The molecule has 0 saturated carbocycles. The van der Waals surface area contributed by atoms with Gasteiger partial charge < -0.3 is 14.6 Å². The number of benzene rings is 2. The molecular formula is C26H27FN4O. The van der Waals surface area contributed by atoms with Crippen molar-refractivity contribution in [3.8, 4) is 22.6 Å². The van der Waals surface area contributed by atoms with Gasteiger partial charge in [0.2, 0.25) is 0 Å². The number of pyridine rings is 1. The average Bonchev–Trinajstić information content (AvgIpc) is 3.20. The second-order valence-corrected chi connectivity index (χ2v) is 8.12. The van der Waals surface area contributed by atoms with Gasteiger partial charge in [-0.15, -0.1) is 0 Å². The Balaban J connectivity index is 1.56. The maximum Gasteiger partial charge on any atom is 0.144 e. The zero-order valence-corrected chi connectivity index (χ0v) is 18.7. The van der Waals surface area contributed by atoms with Crippen molar-refractivity contribution in [2.75, 3.05) is 5.32 Å². The van der Waals surface area contributed by atoms with E-state index in [0.717, 1.165) is 39.6 Å². The Hall–Kier alpha value is -3.67. The number of ether oxygens (including phenoxy) is 1. The topological polar surface area (TPSA) is 52.0 Å². The average molecular weight is 431 g/mol. The van der Waals surface area contributed by atoms with Gasteiger partial charge in [-0.05, 0) is 75.2 Å². The minimum absolute atomic E-state index is 0.0120. The summed E-state index contributed by atoms with van der Waals surface area (Å²) in [6, 6.07) is 16.6. The molecule has 0 spiro atoms. The highest BCUT2D eigenvalue weighted by molar-refractivity contribution is 5.68. The van der Waals surface area contributed by atoms with Crippen LogP contribution in [0, 0.1) is 12.7 Å². The normalized spacial score (nSPS) is 12.1. The first-order valence-electron chi connectivity index (χ1n) is 10.7. The highest BCUT2D eigenvalue weighted by Crippen LogP contribution is 2.31. The van der Waals surface area contributed by atoms with Crippen LogP contribution in [0.25, 0.3) is 16.8 Å². The largest absolute Gasteiger partial charge is 0.489 e. The van der Waals surface area contributed by atoms with Crippen LogP contribution in [0.15, 0.2) is 73.3 Å². The molecule has 4 rings (SSSR count). The van der Waals surface area contributed by atoms with Gasteiger partial charge in [-0.25, -0.2) is 14.4 Å². The van der Waals surface area contributed by atoms with Crippen molar-refractivity contribution < 1.29 is 9.13 Å². The number of anilines is 1. The van der Waals surface area contributed by atoms with E-state index in [1.54, 1.807) is 18.5 Å². The molecule has 0 aliphatic carbocycles. The number of hydrogen-bond acceptors (Lipinski definition) is 4. The van der Waals surface area contributed by atoms with E-state index in [4.69, 9.17) is 4.74 Å². The van der Waals surface area contributed by atoms with Crippen molar-refractivity contribution >= 4 is 5.82 Å². The molecule has 2 aromatic heterocycles. The maximum absolute atomic E-state index is 13.2. The maximum atomic E-state index is 13.2. The Bertz CT molecular complexity index is 1180. The number of nitrogens with one attached hydrogen (secondary N) is 1. The predicted octanol–water partition coefficient (Wildman–Crippen LogP) is 6.34. The lowest BCUT2D eigenvalue weighted by molar-refractivity contribution is 0.242. The summed E-state index contributed by atoms with van der Waals surface area (Å²) < 4.78 is 21.2. The van der Waals surface area contributed by atoms with Crippen LogP contribution >= 0.6 is 0 Å². The van der Waals surface area contributed by atoms with Gasteiger partial charge >= 0.3 is 0 Å². The summed E-state index contributed by atoms with van der Waals surface area (Å²) in [5, 5.41) is 3.36. The van der Waals surface area contributed by atoms with Gasteiger partial charge in [0.25, 0.3) is 0 Å². The summed E-state index contributed by atoms with van der Waals surface area (Å²) in [4.78, 5) is 8.90. The lowest BCUT2D eigenvalue weighted by Gasteiger charge is -2.17. The van der Waals surface area contributed by atoms with E-state index in [9.17, 15) is 4.39 Å². The first-order valence-corrected chi connectivity index (χ1v) is 10.7. The van der Waals surface area contributed by atoms with E-state index in [2.05, 4.69) is 21.4 Å². The standard InChI is InChI=1S/C26H27FN4O/c1-17(2)32-25-13-21(7-11-24(25)31-15-18(3)29-16-31)22-8-12-26(28-14-22)30-19(4)20-5-9-23(27)10-6-20/h5-17,19H,1-4H3,(H,28,30)/t19-/m0/s1. The van der Waals surface area contributed by atoms with Gasteiger partial charge in [-0.3, -0.25) is 0 Å². The van der Waals surface area contributed by atoms with Gasteiger partial charge in [0.1, 0.15) is 17.4 Å². The van der Waals surface area contributed by atoms with Crippen LogP contribution < -0.4 is 10.1 Å². The summed E-state index contributed by atoms with van der Waals surface area (Å²) in [5.74, 6) is 1.32. The molecule has 0 saturated heterocycles. The molecule has 0 aliphatic heterocycles. The SMILES string of the molecule is Cc1cn(-c2ccc(-c3ccc(N[C@@H](C)c4ccc(F)cc4)nc3)cc2OC(C)C)cn1. The van der Waals surface area contributed by atoms with Crippen molar-refractivity contribution in [3.63, 3.8) is 0 Å². The Morgan fingerprint density at radius 2 is 1.69 bits per heavy atom. The molecule has 6 heteroatoms. The quantitative estimate of drug-likeness (QED) is 0.372. The lowest BCUT2D eigenvalue weighted by atomic mass is 10.1. The third kappa shape index (κ3) is 4.97. The van der Waals surface area contributed by atoms with E-state index >= 15 is 0 Å². The van der Waals surface area contributed by atoms with Gasteiger partial charge in [0, 0.05) is 24.0 Å². The number of nitrogens with zero attached hydrogens (tertiary/aromatic N) is 3. The predicted molar refractivity (Wildman–Crippen MR) is 126 cm³/mol. The number of aromatic nitrogens is 3. The monoisotopic (exact) mass is 430 g/mol. The van der Waals surface area contributed by atoms with E-state index in [1.807, 2.05) is 68.9 Å². The summed E-state index contributed by atoms with van der Waals surface area (Å²) >= 11 is 0. The molecule has 0 radical (unpaired) electrons. The van der Waals surface area contributed by atoms with Crippen LogP contribution in [0.2, 0.25) is 0 Å². The molecular weight excluding hydrogens is 403 g/mol. The van der Waals surface area contributed by atoms with Crippen LogP contribution in [0.1, 0.15) is 38.1 Å². The lowest BCUT2D eigenvalue weighted by Crippen LogP contribution is -2.08. The van der Waals surface area contributed by atoms with Crippen molar-refractivity contribution in [2.45, 2.75) is 39.8 Å². The van der Waals surface area contributed by atoms with Crippen LogP contribution in [0.3, 0.4) is 0 Å². The van der Waals surface area contributed by atoms with Crippen molar-refractivity contribution in [1.82, 2.24) is 14.5 Å². The van der Waals surface area contributed by atoms with Gasteiger partial charge in [0.15, 0.2) is 0 Å². The minimum atomic E-state index is -0.238. The minimum Gasteiger partial charge on any atom is -0.489 e. The Morgan fingerprint density at radius 3 is 2.31 bits per heavy atom. The Morgan fingerprint density at radius 1 is 0.938 bits per heavy atom. The first kappa shape index (κ1) is 21.6. The molecule has 2 aromatic carbocycles. The van der Waals surface area contributed by atoms with Crippen LogP contribution in [0.4, 0.5) is 10.2 Å². The third-order valence-electron chi connectivity index (χ3n) is 5.14. The fourth-order valence-corrected chi connectivity index (χ4v) is 3.51. The zero-order chi connectivity index (χ0) is 22.7. The summed E-state index contributed by atoms with van der Waals surface area (Å²) in [5.41, 5.74) is 4.91. The van der Waals surface area contributed by atoms with Gasteiger partial charge in [0.05, 0.1) is 23.8 Å². The molecule has 5 nitrogen and oxygen atoms in total. The smallest absolute Gasteiger partial charge is 0.144 e. The number of hydrogen-bond donors (Lipinski definition) is 1. The van der Waals surface area contributed by atoms with E-state index < -0.39 is 0 Å². The molecule has 164 valence electrons. The number of imidazole rings is 1. The van der Waals surface area contributed by atoms with Crippen LogP contribution in [-0.2, 0) is 0 Å². The molecule has 0 bridgehead atoms. The number of aryl methyl sites for hydroxylation is 1. The molecule has 1 N–H and O–H groups in total. The van der Waals surface area contributed by atoms with Crippen molar-refractivity contribution in [3.05, 3.63) is 90.4 Å². The number of rotatable bonds is 7. The molecule has 1 atom stereocenters. The van der Waals surface area contributed by atoms with E-state index in [0.29, 0.717) is 0 Å². The Kier molecular flexibility index (Phi) is 6.21. The molecule has 0 aliphatic rings. The molecule has 4 aromatic rings. The number of halogens is 1. The molecule has 0 fully saturated rings. The summed E-state index contributed by atoms with van der Waals surface area (Å²) in [6.45, 7) is 8.01. The molecule has 32 heavy (non-hydrogen) atoms. The molecule has 0 unspecified atom stereocenters. The van der Waals surface area contributed by atoms with E-state index in [-0.39, 0.29) is 18.0 Å². The third-order valence-corrected chi connectivity index (χ3v) is 5.14.